The molecule has 0 radical (unpaired) electrons. The maximum atomic E-state index is 12.9. The molecule has 32 heavy (non-hydrogen) atoms. The molecule has 1 aromatic carbocycles. The van der Waals surface area contributed by atoms with Gasteiger partial charge in [0.2, 0.25) is 0 Å². The lowest BCUT2D eigenvalue weighted by atomic mass is 10.2. The van der Waals surface area contributed by atoms with E-state index >= 15 is 0 Å². The number of aromatic nitrogens is 5. The monoisotopic (exact) mass is 483 g/mol. The SMILES string of the molecule is CCn1c(CSc2nc3ccccc3s2)nnc1SCC(=O)c1cc(C)n(C2CC2)c1C. The smallest absolute Gasteiger partial charge is 0.191 e. The molecular weight excluding hydrogens is 458 g/mol. The van der Waals surface area contributed by atoms with Crippen molar-refractivity contribution in [3.63, 3.8) is 0 Å². The molecule has 3 aromatic heterocycles. The van der Waals surface area contributed by atoms with Crippen molar-refractivity contribution in [1.82, 2.24) is 24.3 Å². The van der Waals surface area contributed by atoms with Crippen molar-refractivity contribution in [3.8, 4) is 0 Å². The minimum absolute atomic E-state index is 0.158. The van der Waals surface area contributed by atoms with E-state index in [0.29, 0.717) is 17.5 Å². The van der Waals surface area contributed by atoms with Crippen LogP contribution >= 0.6 is 34.9 Å². The van der Waals surface area contributed by atoms with E-state index in [-0.39, 0.29) is 5.78 Å². The second-order valence-corrected chi connectivity index (χ2v) is 11.2. The van der Waals surface area contributed by atoms with Crippen molar-refractivity contribution in [1.29, 1.82) is 0 Å². The zero-order valence-corrected chi connectivity index (χ0v) is 20.8. The van der Waals surface area contributed by atoms with Gasteiger partial charge in [0, 0.05) is 29.5 Å². The van der Waals surface area contributed by atoms with E-state index in [0.717, 1.165) is 38.6 Å². The largest absolute Gasteiger partial charge is 0.345 e. The van der Waals surface area contributed by atoms with E-state index in [1.165, 1.54) is 35.0 Å². The minimum atomic E-state index is 0.158. The van der Waals surface area contributed by atoms with Crippen LogP contribution in [0.1, 0.15) is 53.4 Å². The van der Waals surface area contributed by atoms with Gasteiger partial charge >= 0.3 is 0 Å². The standard InChI is InChI=1S/C23H25N5OS3/c1-4-27-21(13-31-23-24-18-7-5-6-8-20(18)32-23)25-26-22(27)30-12-19(29)17-11-14(2)28(15(17)3)16-9-10-16/h5-8,11,16H,4,9-10,12-13H2,1-3H3. The summed E-state index contributed by atoms with van der Waals surface area (Å²) in [5, 5.41) is 9.59. The summed E-state index contributed by atoms with van der Waals surface area (Å²) in [6.45, 7) is 7.02. The van der Waals surface area contributed by atoms with Gasteiger partial charge in [-0.2, -0.15) is 0 Å². The van der Waals surface area contributed by atoms with Crippen molar-refractivity contribution in [2.75, 3.05) is 5.75 Å². The van der Waals surface area contributed by atoms with Gasteiger partial charge in [0.1, 0.15) is 5.82 Å². The number of thioether (sulfide) groups is 2. The molecule has 0 atom stereocenters. The van der Waals surface area contributed by atoms with Gasteiger partial charge in [0.05, 0.1) is 21.7 Å². The number of thiazole rings is 1. The van der Waals surface area contributed by atoms with Gasteiger partial charge in [0.25, 0.3) is 0 Å². The number of carbonyl (C=O) groups is 1. The number of hydrogen-bond acceptors (Lipinski definition) is 7. The highest BCUT2D eigenvalue weighted by Crippen LogP contribution is 2.38. The first kappa shape index (κ1) is 21.7. The normalized spacial score (nSPS) is 13.8. The lowest BCUT2D eigenvalue weighted by Gasteiger charge is -2.08. The molecule has 0 spiro atoms. The topological polar surface area (TPSA) is 65.6 Å². The van der Waals surface area contributed by atoms with E-state index in [4.69, 9.17) is 0 Å². The van der Waals surface area contributed by atoms with Crippen LogP contribution in [0.15, 0.2) is 39.8 Å². The predicted molar refractivity (Wildman–Crippen MR) is 132 cm³/mol. The van der Waals surface area contributed by atoms with Crippen LogP contribution in [-0.4, -0.2) is 35.9 Å². The molecule has 1 saturated carbocycles. The summed E-state index contributed by atoms with van der Waals surface area (Å²) in [7, 11) is 0. The highest BCUT2D eigenvalue weighted by molar-refractivity contribution is 8.00. The van der Waals surface area contributed by atoms with E-state index < -0.39 is 0 Å². The maximum absolute atomic E-state index is 12.9. The highest BCUT2D eigenvalue weighted by Gasteiger charge is 2.28. The van der Waals surface area contributed by atoms with E-state index in [1.807, 2.05) is 24.3 Å². The Morgan fingerprint density at radius 1 is 1.19 bits per heavy atom. The minimum Gasteiger partial charge on any atom is -0.345 e. The molecule has 0 unspecified atom stereocenters. The second-order valence-electron chi connectivity index (χ2n) is 7.98. The van der Waals surface area contributed by atoms with Gasteiger partial charge in [-0.1, -0.05) is 35.7 Å². The van der Waals surface area contributed by atoms with Gasteiger partial charge < -0.3 is 9.13 Å². The molecule has 5 rings (SSSR count). The molecule has 0 bridgehead atoms. The van der Waals surface area contributed by atoms with Gasteiger partial charge in [-0.15, -0.1) is 21.5 Å². The molecule has 3 heterocycles. The van der Waals surface area contributed by atoms with Gasteiger partial charge in [-0.25, -0.2) is 4.98 Å². The average molecular weight is 484 g/mol. The van der Waals surface area contributed by atoms with Crippen molar-refractivity contribution >= 4 is 50.9 Å². The molecule has 1 fully saturated rings. The summed E-state index contributed by atoms with van der Waals surface area (Å²) in [4.78, 5) is 17.6. The fourth-order valence-corrected chi connectivity index (χ4v) is 6.96. The Hall–Kier alpha value is -2.10. The Morgan fingerprint density at radius 3 is 2.75 bits per heavy atom. The summed E-state index contributed by atoms with van der Waals surface area (Å²) < 4.78 is 6.66. The number of fused-ring (bicyclic) bond motifs is 1. The van der Waals surface area contributed by atoms with E-state index in [1.54, 1.807) is 23.1 Å². The zero-order valence-electron chi connectivity index (χ0n) is 18.4. The Balaban J connectivity index is 1.25. The van der Waals surface area contributed by atoms with Gasteiger partial charge in [0.15, 0.2) is 15.3 Å². The van der Waals surface area contributed by atoms with Crippen LogP contribution in [0.2, 0.25) is 0 Å². The van der Waals surface area contributed by atoms with E-state index in [2.05, 4.69) is 51.2 Å². The molecule has 0 N–H and O–H groups in total. The molecule has 1 aliphatic rings. The quantitative estimate of drug-likeness (QED) is 0.217. The molecular formula is C23H25N5OS3. The third kappa shape index (κ3) is 4.25. The fraction of sp³-hybridized carbons (Fsp3) is 0.391. The number of nitrogens with zero attached hydrogens (tertiary/aromatic N) is 5. The molecule has 0 saturated heterocycles. The number of aryl methyl sites for hydroxylation is 1. The lowest BCUT2D eigenvalue weighted by Crippen LogP contribution is -2.07. The Morgan fingerprint density at radius 2 is 2.00 bits per heavy atom. The third-order valence-corrected chi connectivity index (χ3v) is 8.88. The summed E-state index contributed by atoms with van der Waals surface area (Å²) in [6, 6.07) is 10.8. The van der Waals surface area contributed by atoms with Crippen molar-refractivity contribution in [3.05, 3.63) is 53.1 Å². The van der Waals surface area contributed by atoms with Crippen molar-refractivity contribution < 1.29 is 4.79 Å². The maximum Gasteiger partial charge on any atom is 0.191 e. The fourth-order valence-electron chi connectivity index (χ4n) is 4.05. The van der Waals surface area contributed by atoms with Gasteiger partial charge in [-0.05, 0) is 51.8 Å². The molecule has 9 heteroatoms. The van der Waals surface area contributed by atoms with Gasteiger partial charge in [-0.3, -0.25) is 4.79 Å². The van der Waals surface area contributed by atoms with Crippen molar-refractivity contribution in [2.45, 2.75) is 61.4 Å². The molecule has 1 aliphatic carbocycles. The number of Topliss-reactive ketones (excluding diaryl/α,β-unsaturated/α-hetero) is 1. The van der Waals surface area contributed by atoms with Crippen LogP contribution in [0.4, 0.5) is 0 Å². The third-order valence-electron chi connectivity index (χ3n) is 5.74. The zero-order chi connectivity index (χ0) is 22.2. The Kier molecular flexibility index (Phi) is 6.14. The van der Waals surface area contributed by atoms with Crippen LogP contribution in [0, 0.1) is 13.8 Å². The van der Waals surface area contributed by atoms with Crippen LogP contribution in [0.3, 0.4) is 0 Å². The molecule has 0 aliphatic heterocycles. The number of para-hydroxylation sites is 1. The second kappa shape index (κ2) is 9.03. The molecule has 0 amide bonds. The number of benzene rings is 1. The average Bonchev–Trinajstić information content (AvgIpc) is 3.28. The number of hydrogen-bond donors (Lipinski definition) is 0. The lowest BCUT2D eigenvalue weighted by molar-refractivity contribution is 0.102. The number of rotatable bonds is 9. The number of carbonyl (C=O) groups excluding carboxylic acids is 1. The first-order valence-electron chi connectivity index (χ1n) is 10.8. The molecule has 4 aromatic rings. The highest BCUT2D eigenvalue weighted by atomic mass is 32.2. The molecule has 6 nitrogen and oxygen atoms in total. The summed E-state index contributed by atoms with van der Waals surface area (Å²) in [5.41, 5.74) is 4.16. The van der Waals surface area contributed by atoms with Crippen LogP contribution in [0.25, 0.3) is 10.2 Å². The van der Waals surface area contributed by atoms with Crippen LogP contribution in [0.5, 0.6) is 0 Å². The van der Waals surface area contributed by atoms with Crippen molar-refractivity contribution in [2.24, 2.45) is 0 Å². The first-order valence-corrected chi connectivity index (χ1v) is 13.6. The van der Waals surface area contributed by atoms with Crippen LogP contribution < -0.4 is 0 Å². The Labute approximate surface area is 199 Å². The summed E-state index contributed by atoms with van der Waals surface area (Å²) in [6.07, 6.45) is 2.44. The Bertz CT molecular complexity index is 1250. The first-order chi connectivity index (χ1) is 15.5. The summed E-state index contributed by atoms with van der Waals surface area (Å²) in [5.74, 6) is 2.15. The number of ketones is 1. The molecule has 166 valence electrons. The van der Waals surface area contributed by atoms with E-state index in [9.17, 15) is 4.79 Å². The summed E-state index contributed by atoms with van der Waals surface area (Å²) >= 11 is 4.86. The van der Waals surface area contributed by atoms with Crippen LogP contribution in [-0.2, 0) is 12.3 Å². The predicted octanol–water partition coefficient (Wildman–Crippen LogP) is 5.93.